The lowest BCUT2D eigenvalue weighted by molar-refractivity contribution is 0.252. The van der Waals surface area contributed by atoms with E-state index in [0.717, 1.165) is 54.3 Å². The minimum atomic E-state index is 0.480. The number of likely N-dealkylation sites (tertiary alicyclic amines) is 1. The number of hydrogen-bond donors (Lipinski definition) is 0. The maximum atomic E-state index is 6.23. The van der Waals surface area contributed by atoms with Crippen LogP contribution in [-0.4, -0.2) is 57.7 Å². The molecule has 2 aromatic heterocycles. The molecule has 3 aromatic rings. The first-order valence-electron chi connectivity index (χ1n) is 9.37. The summed E-state index contributed by atoms with van der Waals surface area (Å²) in [6.07, 6.45) is 4.67. The molecular formula is C19H23ClN6. The van der Waals surface area contributed by atoms with Crippen molar-refractivity contribution >= 4 is 34.1 Å². The van der Waals surface area contributed by atoms with Gasteiger partial charge in [-0.15, -0.1) is 10.2 Å². The van der Waals surface area contributed by atoms with E-state index >= 15 is 0 Å². The van der Waals surface area contributed by atoms with E-state index in [2.05, 4.69) is 38.5 Å². The summed E-state index contributed by atoms with van der Waals surface area (Å²) in [7, 11) is 4.35. The van der Waals surface area contributed by atoms with E-state index in [0.29, 0.717) is 17.0 Å². The number of benzene rings is 1. The summed E-state index contributed by atoms with van der Waals surface area (Å²) in [6, 6.07) is 6.31. The Morgan fingerprint density at radius 1 is 1.12 bits per heavy atom. The minimum Gasteiger partial charge on any atom is -0.342 e. The van der Waals surface area contributed by atoms with E-state index in [1.807, 2.05) is 18.2 Å². The van der Waals surface area contributed by atoms with E-state index in [1.165, 1.54) is 12.8 Å². The fourth-order valence-electron chi connectivity index (χ4n) is 4.00. The number of hydrogen-bond acceptors (Lipinski definition) is 5. The molecule has 1 aromatic carbocycles. The second kappa shape index (κ2) is 6.06. The number of nitrogens with zero attached hydrogens (tertiary/aromatic N) is 6. The molecule has 2 aliphatic rings. The Morgan fingerprint density at radius 2 is 1.88 bits per heavy atom. The van der Waals surface area contributed by atoms with Crippen molar-refractivity contribution in [2.45, 2.75) is 37.6 Å². The first-order chi connectivity index (χ1) is 12.6. The van der Waals surface area contributed by atoms with Crippen LogP contribution in [0.1, 0.15) is 37.4 Å². The zero-order chi connectivity index (χ0) is 17.8. The third kappa shape index (κ3) is 2.63. The Kier molecular flexibility index (Phi) is 3.79. The van der Waals surface area contributed by atoms with Crippen LogP contribution in [-0.2, 0) is 0 Å². The summed E-state index contributed by atoms with van der Waals surface area (Å²) < 4.78 is 2.19. The summed E-state index contributed by atoms with van der Waals surface area (Å²) in [5.41, 5.74) is 1.78. The van der Waals surface area contributed by atoms with Gasteiger partial charge in [0, 0.05) is 29.4 Å². The molecule has 0 radical (unpaired) electrons. The topological polar surface area (TPSA) is 49.6 Å². The Balaban J connectivity index is 1.69. The van der Waals surface area contributed by atoms with Crippen molar-refractivity contribution in [1.82, 2.24) is 24.5 Å². The second-order valence-electron chi connectivity index (χ2n) is 7.71. The van der Waals surface area contributed by atoms with Gasteiger partial charge >= 0.3 is 0 Å². The summed E-state index contributed by atoms with van der Waals surface area (Å²) in [6.45, 7) is 2.24. The van der Waals surface area contributed by atoms with Gasteiger partial charge in [0.15, 0.2) is 5.65 Å². The molecule has 26 heavy (non-hydrogen) atoms. The largest absolute Gasteiger partial charge is 0.342 e. The number of fused-ring (bicyclic) bond motifs is 3. The Morgan fingerprint density at radius 3 is 2.62 bits per heavy atom. The predicted octanol–water partition coefficient (Wildman–Crippen LogP) is 3.34. The SMILES string of the molecule is CN1CCC(N(C)c2nc3cc(Cl)ccc3c3nnc(C4CC4)n23)CC1. The lowest BCUT2D eigenvalue weighted by Gasteiger charge is -2.36. The van der Waals surface area contributed by atoms with Gasteiger partial charge in [-0.2, -0.15) is 0 Å². The minimum absolute atomic E-state index is 0.480. The molecule has 3 heterocycles. The normalized spacial score (nSPS) is 19.5. The van der Waals surface area contributed by atoms with Gasteiger partial charge in [0.1, 0.15) is 5.82 Å². The highest BCUT2D eigenvalue weighted by Crippen LogP contribution is 2.41. The first kappa shape index (κ1) is 16.3. The number of halogens is 1. The van der Waals surface area contributed by atoms with Crippen molar-refractivity contribution in [1.29, 1.82) is 0 Å². The van der Waals surface area contributed by atoms with E-state index in [4.69, 9.17) is 16.6 Å². The molecule has 1 aliphatic heterocycles. The summed E-state index contributed by atoms with van der Waals surface area (Å²) in [5.74, 6) is 2.51. The van der Waals surface area contributed by atoms with Gasteiger partial charge in [0.25, 0.3) is 0 Å². The molecule has 7 heteroatoms. The van der Waals surface area contributed by atoms with Crippen LogP contribution in [0.25, 0.3) is 16.6 Å². The number of rotatable bonds is 3. The van der Waals surface area contributed by atoms with Crippen LogP contribution in [0, 0.1) is 0 Å². The molecule has 0 N–H and O–H groups in total. The monoisotopic (exact) mass is 370 g/mol. The molecule has 1 saturated heterocycles. The van der Waals surface area contributed by atoms with Gasteiger partial charge in [-0.1, -0.05) is 11.6 Å². The van der Waals surface area contributed by atoms with Crippen molar-refractivity contribution in [3.8, 4) is 0 Å². The zero-order valence-electron chi connectivity index (χ0n) is 15.2. The van der Waals surface area contributed by atoms with Gasteiger partial charge in [0.2, 0.25) is 5.95 Å². The van der Waals surface area contributed by atoms with Crippen LogP contribution in [0.3, 0.4) is 0 Å². The highest BCUT2D eigenvalue weighted by Gasteiger charge is 2.32. The first-order valence-corrected chi connectivity index (χ1v) is 9.75. The molecule has 1 aliphatic carbocycles. The number of anilines is 1. The van der Waals surface area contributed by atoms with Crippen molar-refractivity contribution < 1.29 is 0 Å². The molecule has 0 bridgehead atoms. The Hall–Kier alpha value is -1.92. The number of piperidine rings is 1. The van der Waals surface area contributed by atoms with E-state index in [-0.39, 0.29) is 0 Å². The van der Waals surface area contributed by atoms with E-state index in [1.54, 1.807) is 0 Å². The average molecular weight is 371 g/mol. The lowest BCUT2D eigenvalue weighted by atomic mass is 10.0. The van der Waals surface area contributed by atoms with Crippen molar-refractivity contribution in [3.05, 3.63) is 29.0 Å². The second-order valence-corrected chi connectivity index (χ2v) is 8.15. The van der Waals surface area contributed by atoms with Crippen LogP contribution in [0.2, 0.25) is 5.02 Å². The third-order valence-corrected chi connectivity index (χ3v) is 6.04. The number of aromatic nitrogens is 4. The standard InChI is InChI=1S/C19H23ClN6/c1-24-9-7-14(8-10-24)25(2)19-21-16-11-13(20)5-6-15(16)18-23-22-17(26(18)19)12-3-4-12/h5-6,11-12,14H,3-4,7-10H2,1-2H3. The molecule has 136 valence electrons. The smallest absolute Gasteiger partial charge is 0.213 e. The molecule has 2 fully saturated rings. The average Bonchev–Trinajstić information content (AvgIpc) is 3.39. The quantitative estimate of drug-likeness (QED) is 0.707. The Labute approximate surface area is 157 Å². The molecule has 0 atom stereocenters. The fraction of sp³-hybridized carbons (Fsp3) is 0.526. The van der Waals surface area contributed by atoms with Crippen LogP contribution < -0.4 is 4.90 Å². The molecule has 5 rings (SSSR count). The van der Waals surface area contributed by atoms with E-state index < -0.39 is 0 Å². The van der Waals surface area contributed by atoms with E-state index in [9.17, 15) is 0 Å². The van der Waals surface area contributed by atoms with Crippen LogP contribution in [0.4, 0.5) is 5.95 Å². The van der Waals surface area contributed by atoms with Crippen molar-refractivity contribution in [2.24, 2.45) is 0 Å². The Bertz CT molecular complexity index is 971. The third-order valence-electron chi connectivity index (χ3n) is 5.80. The summed E-state index contributed by atoms with van der Waals surface area (Å²) >= 11 is 6.23. The van der Waals surface area contributed by atoms with Gasteiger partial charge in [-0.25, -0.2) is 9.38 Å². The van der Waals surface area contributed by atoms with Crippen molar-refractivity contribution in [3.63, 3.8) is 0 Å². The summed E-state index contributed by atoms with van der Waals surface area (Å²) in [5, 5.41) is 10.8. The molecule has 0 unspecified atom stereocenters. The van der Waals surface area contributed by atoms with Gasteiger partial charge in [-0.3, -0.25) is 0 Å². The fourth-order valence-corrected chi connectivity index (χ4v) is 4.17. The molecule has 1 saturated carbocycles. The van der Waals surface area contributed by atoms with Crippen LogP contribution in [0.5, 0.6) is 0 Å². The molecule has 0 amide bonds. The van der Waals surface area contributed by atoms with Crippen molar-refractivity contribution in [2.75, 3.05) is 32.1 Å². The maximum absolute atomic E-state index is 6.23. The van der Waals surface area contributed by atoms with Gasteiger partial charge in [-0.05, 0) is 64.0 Å². The van der Waals surface area contributed by atoms with Crippen LogP contribution in [0.15, 0.2) is 18.2 Å². The highest BCUT2D eigenvalue weighted by atomic mass is 35.5. The molecule has 0 spiro atoms. The molecular weight excluding hydrogens is 348 g/mol. The molecule has 6 nitrogen and oxygen atoms in total. The zero-order valence-corrected chi connectivity index (χ0v) is 15.9. The van der Waals surface area contributed by atoms with Gasteiger partial charge < -0.3 is 9.80 Å². The highest BCUT2D eigenvalue weighted by molar-refractivity contribution is 6.31. The summed E-state index contributed by atoms with van der Waals surface area (Å²) in [4.78, 5) is 9.73. The lowest BCUT2D eigenvalue weighted by Crippen LogP contribution is -2.43. The maximum Gasteiger partial charge on any atom is 0.213 e. The van der Waals surface area contributed by atoms with Gasteiger partial charge in [0.05, 0.1) is 5.52 Å². The van der Waals surface area contributed by atoms with Crippen LogP contribution >= 0.6 is 11.6 Å². The predicted molar refractivity (Wildman–Crippen MR) is 104 cm³/mol.